The Hall–Kier alpha value is -2.20. The number of amides is 2. The molecule has 0 saturated carbocycles. The molecule has 4 nitrogen and oxygen atoms in total. The summed E-state index contributed by atoms with van der Waals surface area (Å²) in [5.41, 5.74) is 3.36. The van der Waals surface area contributed by atoms with Gasteiger partial charge in [-0.2, -0.15) is 0 Å². The van der Waals surface area contributed by atoms with Gasteiger partial charge < -0.3 is 15.1 Å². The van der Waals surface area contributed by atoms with Crippen molar-refractivity contribution in [2.24, 2.45) is 0 Å². The van der Waals surface area contributed by atoms with E-state index in [1.54, 1.807) is 6.07 Å². The van der Waals surface area contributed by atoms with Crippen molar-refractivity contribution in [2.45, 2.75) is 26.2 Å². The van der Waals surface area contributed by atoms with Gasteiger partial charge in [0.15, 0.2) is 0 Å². The quantitative estimate of drug-likeness (QED) is 0.807. The number of benzene rings is 2. The highest BCUT2D eigenvalue weighted by atomic mass is 35.5. The third kappa shape index (κ3) is 4.13. The number of para-hydroxylation sites is 2. The van der Waals surface area contributed by atoms with E-state index in [1.165, 1.54) is 11.3 Å². The van der Waals surface area contributed by atoms with Crippen molar-refractivity contribution in [3.8, 4) is 0 Å². The SMILES string of the molecule is CC(C)(C)c1ccccc1N1CCN(C(=O)Nc2ccccc2Cl)CC1. The molecule has 2 aromatic carbocycles. The van der Waals surface area contributed by atoms with Crippen LogP contribution in [0.4, 0.5) is 16.2 Å². The van der Waals surface area contributed by atoms with Crippen LogP contribution in [0.2, 0.25) is 5.02 Å². The summed E-state index contributed by atoms with van der Waals surface area (Å²) >= 11 is 6.13. The Balaban J connectivity index is 1.65. The standard InChI is InChI=1S/C21H26ClN3O/c1-21(2,3)16-8-4-7-11-19(16)24-12-14-25(15-13-24)20(26)23-18-10-6-5-9-17(18)22/h4-11H,12-15H2,1-3H3,(H,23,26). The molecule has 0 atom stereocenters. The molecular formula is C21H26ClN3O. The number of halogens is 1. The molecule has 138 valence electrons. The molecule has 1 saturated heterocycles. The van der Waals surface area contributed by atoms with Crippen molar-refractivity contribution < 1.29 is 4.79 Å². The first-order valence-electron chi connectivity index (χ1n) is 9.01. The number of anilines is 2. The van der Waals surface area contributed by atoms with Gasteiger partial charge >= 0.3 is 6.03 Å². The van der Waals surface area contributed by atoms with Crippen LogP contribution >= 0.6 is 11.6 Å². The largest absolute Gasteiger partial charge is 0.368 e. The van der Waals surface area contributed by atoms with E-state index < -0.39 is 0 Å². The lowest BCUT2D eigenvalue weighted by molar-refractivity contribution is 0.208. The van der Waals surface area contributed by atoms with Crippen LogP contribution < -0.4 is 10.2 Å². The maximum Gasteiger partial charge on any atom is 0.322 e. The lowest BCUT2D eigenvalue weighted by Gasteiger charge is -2.38. The molecule has 3 rings (SSSR count). The minimum atomic E-state index is -0.0955. The Morgan fingerprint density at radius 1 is 0.962 bits per heavy atom. The zero-order valence-corrected chi connectivity index (χ0v) is 16.4. The second kappa shape index (κ2) is 7.58. The minimum absolute atomic E-state index is 0.0924. The minimum Gasteiger partial charge on any atom is -0.368 e. The van der Waals surface area contributed by atoms with Crippen molar-refractivity contribution >= 4 is 29.0 Å². The van der Waals surface area contributed by atoms with E-state index >= 15 is 0 Å². The molecule has 0 aliphatic carbocycles. The van der Waals surface area contributed by atoms with E-state index in [0.717, 1.165) is 13.1 Å². The molecular weight excluding hydrogens is 346 g/mol. The maximum atomic E-state index is 12.5. The van der Waals surface area contributed by atoms with E-state index in [0.29, 0.717) is 23.8 Å². The number of carbonyl (C=O) groups is 1. The zero-order chi connectivity index (χ0) is 18.7. The van der Waals surface area contributed by atoms with E-state index in [4.69, 9.17) is 11.6 Å². The second-order valence-corrected chi connectivity index (χ2v) is 8.06. The average Bonchev–Trinajstić information content (AvgIpc) is 2.63. The van der Waals surface area contributed by atoms with Gasteiger partial charge in [0.2, 0.25) is 0 Å². The van der Waals surface area contributed by atoms with Gasteiger partial charge in [0, 0.05) is 31.9 Å². The van der Waals surface area contributed by atoms with Gasteiger partial charge in [0.05, 0.1) is 10.7 Å². The number of carbonyl (C=O) groups excluding carboxylic acids is 1. The molecule has 5 heteroatoms. The summed E-state index contributed by atoms with van der Waals surface area (Å²) in [7, 11) is 0. The lowest BCUT2D eigenvalue weighted by atomic mass is 9.85. The number of hydrogen-bond acceptors (Lipinski definition) is 2. The van der Waals surface area contributed by atoms with Gasteiger partial charge in [0.25, 0.3) is 0 Å². The molecule has 2 aromatic rings. The van der Waals surface area contributed by atoms with Crippen molar-refractivity contribution in [3.05, 3.63) is 59.1 Å². The number of piperazine rings is 1. The molecule has 1 aliphatic rings. The molecule has 2 amide bonds. The summed E-state index contributed by atoms with van der Waals surface area (Å²) in [4.78, 5) is 16.7. The molecule has 26 heavy (non-hydrogen) atoms. The number of rotatable bonds is 2. The summed E-state index contributed by atoms with van der Waals surface area (Å²) in [6.45, 7) is 9.73. The van der Waals surface area contributed by atoms with E-state index in [9.17, 15) is 4.79 Å². The van der Waals surface area contributed by atoms with E-state index in [-0.39, 0.29) is 11.4 Å². The fourth-order valence-electron chi connectivity index (χ4n) is 3.29. The van der Waals surface area contributed by atoms with Crippen LogP contribution in [-0.4, -0.2) is 37.1 Å². The van der Waals surface area contributed by atoms with E-state index in [2.05, 4.69) is 55.3 Å². The van der Waals surface area contributed by atoms with Crippen molar-refractivity contribution in [1.82, 2.24) is 4.90 Å². The second-order valence-electron chi connectivity index (χ2n) is 7.65. The summed E-state index contributed by atoms with van der Waals surface area (Å²) in [6, 6.07) is 15.8. The Bertz CT molecular complexity index is 777. The molecule has 1 aliphatic heterocycles. The summed E-state index contributed by atoms with van der Waals surface area (Å²) < 4.78 is 0. The van der Waals surface area contributed by atoms with Gasteiger partial charge in [0.1, 0.15) is 0 Å². The molecule has 0 bridgehead atoms. The highest BCUT2D eigenvalue weighted by Gasteiger charge is 2.25. The molecule has 0 aromatic heterocycles. The molecule has 1 fully saturated rings. The van der Waals surface area contributed by atoms with Crippen LogP contribution in [0.25, 0.3) is 0 Å². The third-order valence-corrected chi connectivity index (χ3v) is 5.06. The van der Waals surface area contributed by atoms with Crippen molar-refractivity contribution in [3.63, 3.8) is 0 Å². The Morgan fingerprint density at radius 3 is 2.23 bits per heavy atom. The highest BCUT2D eigenvalue weighted by Crippen LogP contribution is 2.32. The van der Waals surface area contributed by atoms with Crippen LogP contribution in [0.3, 0.4) is 0 Å². The monoisotopic (exact) mass is 371 g/mol. The van der Waals surface area contributed by atoms with Gasteiger partial charge in [-0.1, -0.05) is 62.7 Å². The Kier molecular flexibility index (Phi) is 5.42. The molecule has 0 radical (unpaired) electrons. The van der Waals surface area contributed by atoms with Gasteiger partial charge in [-0.05, 0) is 29.2 Å². The van der Waals surface area contributed by atoms with Gasteiger partial charge in [-0.25, -0.2) is 4.79 Å². The van der Waals surface area contributed by atoms with Crippen LogP contribution in [0.15, 0.2) is 48.5 Å². The maximum absolute atomic E-state index is 12.5. The number of urea groups is 1. The molecule has 1 N–H and O–H groups in total. The summed E-state index contributed by atoms with van der Waals surface area (Å²) in [5, 5.41) is 3.46. The predicted octanol–water partition coefficient (Wildman–Crippen LogP) is 4.99. The number of nitrogens with one attached hydrogen (secondary N) is 1. The van der Waals surface area contributed by atoms with Crippen LogP contribution in [0.5, 0.6) is 0 Å². The molecule has 1 heterocycles. The first-order valence-corrected chi connectivity index (χ1v) is 9.39. The molecule has 0 spiro atoms. The van der Waals surface area contributed by atoms with Gasteiger partial charge in [-0.15, -0.1) is 0 Å². The van der Waals surface area contributed by atoms with Crippen LogP contribution in [0, 0.1) is 0 Å². The Morgan fingerprint density at radius 2 is 1.58 bits per heavy atom. The third-order valence-electron chi connectivity index (χ3n) is 4.74. The first kappa shape index (κ1) is 18.6. The highest BCUT2D eigenvalue weighted by molar-refractivity contribution is 6.33. The average molecular weight is 372 g/mol. The van der Waals surface area contributed by atoms with Crippen molar-refractivity contribution in [1.29, 1.82) is 0 Å². The van der Waals surface area contributed by atoms with Crippen LogP contribution in [0.1, 0.15) is 26.3 Å². The fourth-order valence-corrected chi connectivity index (χ4v) is 3.47. The smallest absolute Gasteiger partial charge is 0.322 e. The van der Waals surface area contributed by atoms with E-state index in [1.807, 2.05) is 23.1 Å². The number of hydrogen-bond donors (Lipinski definition) is 1. The number of nitrogens with zero attached hydrogens (tertiary/aromatic N) is 2. The normalized spacial score (nSPS) is 15.1. The lowest BCUT2D eigenvalue weighted by Crippen LogP contribution is -2.50. The summed E-state index contributed by atoms with van der Waals surface area (Å²) in [6.07, 6.45) is 0. The topological polar surface area (TPSA) is 35.6 Å². The van der Waals surface area contributed by atoms with Crippen LogP contribution in [-0.2, 0) is 5.41 Å². The summed E-state index contributed by atoms with van der Waals surface area (Å²) in [5.74, 6) is 0. The zero-order valence-electron chi connectivity index (χ0n) is 15.6. The van der Waals surface area contributed by atoms with Gasteiger partial charge in [-0.3, -0.25) is 0 Å². The Labute approximate surface area is 160 Å². The first-order chi connectivity index (χ1) is 12.4. The molecule has 0 unspecified atom stereocenters. The van der Waals surface area contributed by atoms with Crippen molar-refractivity contribution in [2.75, 3.05) is 36.4 Å². The fraction of sp³-hybridized carbons (Fsp3) is 0.381. The predicted molar refractivity (Wildman–Crippen MR) is 109 cm³/mol.